The number of nitrogens with one attached hydrogen (secondary N) is 1. The molecule has 0 aliphatic carbocycles. The number of hydrogen-bond donors (Lipinski definition) is 1. The molecule has 0 radical (unpaired) electrons. The summed E-state index contributed by atoms with van der Waals surface area (Å²) in [7, 11) is 1.51. The summed E-state index contributed by atoms with van der Waals surface area (Å²) in [6.45, 7) is 0. The summed E-state index contributed by atoms with van der Waals surface area (Å²) in [4.78, 5) is 29.9. The van der Waals surface area contributed by atoms with Crippen LogP contribution in [-0.4, -0.2) is 27.8 Å². The van der Waals surface area contributed by atoms with Crippen LogP contribution >= 0.6 is 0 Å². The summed E-state index contributed by atoms with van der Waals surface area (Å²) in [6.07, 6.45) is 3.08. The monoisotopic (exact) mass is 297 g/mol. The number of ketones is 1. The molecule has 0 aliphatic heterocycles. The quantitative estimate of drug-likeness (QED) is 0.453. The average molecular weight is 297 g/mol. The predicted molar refractivity (Wildman–Crippen MR) is 79.2 cm³/mol. The third-order valence-corrected chi connectivity index (χ3v) is 3.31. The van der Waals surface area contributed by atoms with Gasteiger partial charge in [0.2, 0.25) is 0 Å². The highest BCUT2D eigenvalue weighted by Gasteiger charge is 2.17. The summed E-state index contributed by atoms with van der Waals surface area (Å²) in [5.74, 6) is 0.213. The van der Waals surface area contributed by atoms with Crippen molar-refractivity contribution in [2.75, 3.05) is 7.11 Å². The zero-order valence-corrected chi connectivity index (χ0v) is 11.6. The lowest BCUT2D eigenvalue weighted by Crippen LogP contribution is -2.01. The van der Waals surface area contributed by atoms with Crippen molar-refractivity contribution in [1.82, 2.24) is 9.97 Å². The van der Waals surface area contributed by atoms with E-state index < -0.39 is 4.92 Å². The standard InChI is InChI=1S/C15H11N3O4/c1-22-11-6-12-13(8-17-15(12)16-7-11)14(19)9-3-2-4-10(5-9)18(20)21/h2-8H,1H3,(H,16,17). The van der Waals surface area contributed by atoms with Crippen molar-refractivity contribution < 1.29 is 14.5 Å². The van der Waals surface area contributed by atoms with E-state index in [-0.39, 0.29) is 17.0 Å². The fraction of sp³-hybridized carbons (Fsp3) is 0.0667. The Morgan fingerprint density at radius 2 is 2.18 bits per heavy atom. The third-order valence-electron chi connectivity index (χ3n) is 3.31. The van der Waals surface area contributed by atoms with Crippen LogP contribution in [0.5, 0.6) is 5.75 Å². The summed E-state index contributed by atoms with van der Waals surface area (Å²) >= 11 is 0. The summed E-state index contributed by atoms with van der Waals surface area (Å²) in [6, 6.07) is 7.33. The van der Waals surface area contributed by atoms with Crippen LogP contribution < -0.4 is 4.74 Å². The first-order valence-corrected chi connectivity index (χ1v) is 6.40. The van der Waals surface area contributed by atoms with Crippen LogP contribution in [0.4, 0.5) is 5.69 Å². The molecule has 0 saturated carbocycles. The Balaban J connectivity index is 2.09. The van der Waals surface area contributed by atoms with Gasteiger partial charge in [-0.15, -0.1) is 0 Å². The summed E-state index contributed by atoms with van der Waals surface area (Å²) in [5, 5.41) is 11.4. The Kier molecular flexibility index (Phi) is 3.30. The van der Waals surface area contributed by atoms with Crippen molar-refractivity contribution in [2.45, 2.75) is 0 Å². The van der Waals surface area contributed by atoms with Crippen molar-refractivity contribution in [3.05, 3.63) is 64.0 Å². The van der Waals surface area contributed by atoms with Crippen LogP contribution in [-0.2, 0) is 0 Å². The van der Waals surface area contributed by atoms with Gasteiger partial charge in [-0.1, -0.05) is 12.1 Å². The number of carbonyl (C=O) groups is 1. The Morgan fingerprint density at radius 1 is 1.36 bits per heavy atom. The number of pyridine rings is 1. The maximum atomic E-state index is 12.6. The molecule has 7 heteroatoms. The molecule has 0 spiro atoms. The maximum Gasteiger partial charge on any atom is 0.270 e. The van der Waals surface area contributed by atoms with Gasteiger partial charge < -0.3 is 9.72 Å². The zero-order valence-electron chi connectivity index (χ0n) is 11.6. The number of ether oxygens (including phenoxy) is 1. The molecule has 2 heterocycles. The fourth-order valence-electron chi connectivity index (χ4n) is 2.20. The Hall–Kier alpha value is -3.22. The van der Waals surface area contributed by atoms with Crippen LogP contribution in [0.15, 0.2) is 42.7 Å². The summed E-state index contributed by atoms with van der Waals surface area (Å²) < 4.78 is 5.11. The number of rotatable bonds is 4. The molecule has 22 heavy (non-hydrogen) atoms. The first-order valence-electron chi connectivity index (χ1n) is 6.40. The number of fused-ring (bicyclic) bond motifs is 1. The van der Waals surface area contributed by atoms with E-state index in [1.165, 1.54) is 31.5 Å². The molecule has 0 saturated heterocycles. The molecule has 3 aromatic rings. The van der Waals surface area contributed by atoms with Gasteiger partial charge in [0, 0.05) is 34.8 Å². The van der Waals surface area contributed by atoms with Gasteiger partial charge in [-0.05, 0) is 6.07 Å². The van der Waals surface area contributed by atoms with E-state index in [0.29, 0.717) is 22.3 Å². The maximum absolute atomic E-state index is 12.6. The van der Waals surface area contributed by atoms with Gasteiger partial charge in [0.25, 0.3) is 5.69 Å². The van der Waals surface area contributed by atoms with Crippen LogP contribution in [0, 0.1) is 10.1 Å². The molecule has 3 rings (SSSR count). The minimum absolute atomic E-state index is 0.124. The van der Waals surface area contributed by atoms with Crippen molar-refractivity contribution >= 4 is 22.5 Å². The van der Waals surface area contributed by atoms with Gasteiger partial charge in [0.1, 0.15) is 11.4 Å². The molecular weight excluding hydrogens is 286 g/mol. The SMILES string of the molecule is COc1cnc2[nH]cc(C(=O)c3cccc([N+](=O)[O-])c3)c2c1. The first-order chi connectivity index (χ1) is 10.6. The molecule has 0 unspecified atom stereocenters. The van der Waals surface area contributed by atoms with E-state index in [2.05, 4.69) is 9.97 Å². The van der Waals surface area contributed by atoms with E-state index in [1.54, 1.807) is 18.3 Å². The highest BCUT2D eigenvalue weighted by Crippen LogP contribution is 2.24. The second kappa shape index (κ2) is 5.28. The van der Waals surface area contributed by atoms with Crippen molar-refractivity contribution in [2.24, 2.45) is 0 Å². The molecule has 0 amide bonds. The molecule has 0 aliphatic rings. The lowest BCUT2D eigenvalue weighted by Gasteiger charge is -2.02. The number of hydrogen-bond acceptors (Lipinski definition) is 5. The molecule has 0 bridgehead atoms. The van der Waals surface area contributed by atoms with Gasteiger partial charge in [0.05, 0.1) is 18.2 Å². The lowest BCUT2D eigenvalue weighted by atomic mass is 10.0. The number of H-pyrrole nitrogens is 1. The van der Waals surface area contributed by atoms with Crippen LogP contribution in [0.1, 0.15) is 15.9 Å². The largest absolute Gasteiger partial charge is 0.495 e. The van der Waals surface area contributed by atoms with E-state index in [4.69, 9.17) is 4.74 Å². The normalized spacial score (nSPS) is 10.6. The smallest absolute Gasteiger partial charge is 0.270 e. The molecule has 110 valence electrons. The van der Waals surface area contributed by atoms with Gasteiger partial charge in [-0.3, -0.25) is 14.9 Å². The second-order valence-electron chi connectivity index (χ2n) is 4.61. The van der Waals surface area contributed by atoms with Gasteiger partial charge in [-0.25, -0.2) is 4.98 Å². The number of nitrogens with zero attached hydrogens (tertiary/aromatic N) is 2. The number of aromatic nitrogens is 2. The molecule has 0 fully saturated rings. The predicted octanol–water partition coefficient (Wildman–Crippen LogP) is 2.71. The molecule has 7 nitrogen and oxygen atoms in total. The molecule has 0 atom stereocenters. The number of non-ortho nitro benzene ring substituents is 1. The fourth-order valence-corrected chi connectivity index (χ4v) is 2.20. The first kappa shape index (κ1) is 13.7. The van der Waals surface area contributed by atoms with E-state index in [1.807, 2.05) is 0 Å². The van der Waals surface area contributed by atoms with Crippen LogP contribution in [0.25, 0.3) is 11.0 Å². The number of aromatic amines is 1. The van der Waals surface area contributed by atoms with Crippen molar-refractivity contribution in [3.63, 3.8) is 0 Å². The van der Waals surface area contributed by atoms with Crippen molar-refractivity contribution in [3.8, 4) is 5.75 Å². The molecule has 1 N–H and O–H groups in total. The van der Waals surface area contributed by atoms with E-state index in [0.717, 1.165) is 0 Å². The molecular formula is C15H11N3O4. The number of nitro groups is 1. The zero-order chi connectivity index (χ0) is 15.7. The molecule has 1 aromatic carbocycles. The minimum atomic E-state index is -0.531. The average Bonchev–Trinajstić information content (AvgIpc) is 2.97. The minimum Gasteiger partial charge on any atom is -0.495 e. The number of methoxy groups -OCH3 is 1. The summed E-state index contributed by atoms with van der Waals surface area (Å²) in [5.41, 5.74) is 1.07. The lowest BCUT2D eigenvalue weighted by molar-refractivity contribution is -0.384. The highest BCUT2D eigenvalue weighted by molar-refractivity contribution is 6.16. The highest BCUT2D eigenvalue weighted by atomic mass is 16.6. The topological polar surface area (TPSA) is 98.1 Å². The molecule has 2 aromatic heterocycles. The van der Waals surface area contributed by atoms with Gasteiger partial charge in [0.15, 0.2) is 5.78 Å². The Bertz CT molecular complexity index is 885. The number of carbonyl (C=O) groups excluding carboxylic acids is 1. The second-order valence-corrected chi connectivity index (χ2v) is 4.61. The van der Waals surface area contributed by atoms with Crippen molar-refractivity contribution in [1.29, 1.82) is 0 Å². The van der Waals surface area contributed by atoms with Gasteiger partial charge in [-0.2, -0.15) is 0 Å². The van der Waals surface area contributed by atoms with Crippen LogP contribution in [0.3, 0.4) is 0 Å². The number of nitro benzene ring substituents is 1. The number of benzene rings is 1. The van der Waals surface area contributed by atoms with Gasteiger partial charge >= 0.3 is 0 Å². The Morgan fingerprint density at radius 3 is 2.91 bits per heavy atom. The Labute approximate surface area is 124 Å². The van der Waals surface area contributed by atoms with E-state index >= 15 is 0 Å². The van der Waals surface area contributed by atoms with Crippen LogP contribution in [0.2, 0.25) is 0 Å². The third kappa shape index (κ3) is 2.28. The van der Waals surface area contributed by atoms with E-state index in [9.17, 15) is 14.9 Å².